The molecule has 0 aliphatic heterocycles. The van der Waals surface area contributed by atoms with E-state index in [1.807, 2.05) is 6.07 Å². The number of rotatable bonds is 12. The van der Waals surface area contributed by atoms with Gasteiger partial charge in [0.15, 0.2) is 0 Å². The normalized spacial score (nSPS) is 11.3. The van der Waals surface area contributed by atoms with Crippen molar-refractivity contribution in [3.63, 3.8) is 0 Å². The summed E-state index contributed by atoms with van der Waals surface area (Å²) in [6.07, 6.45) is 6.21. The van der Waals surface area contributed by atoms with E-state index >= 15 is 0 Å². The van der Waals surface area contributed by atoms with Crippen LogP contribution < -0.4 is 5.32 Å². The number of amides is 1. The zero-order valence-electron chi connectivity index (χ0n) is 17.8. The lowest BCUT2D eigenvalue weighted by Crippen LogP contribution is -2.31. The van der Waals surface area contributed by atoms with Crippen LogP contribution in [0.15, 0.2) is 60.7 Å². The monoisotopic (exact) mass is 409 g/mol. The van der Waals surface area contributed by atoms with Crippen molar-refractivity contribution in [1.82, 2.24) is 10.2 Å². The van der Waals surface area contributed by atoms with Gasteiger partial charge in [0.25, 0.3) is 5.69 Å². The van der Waals surface area contributed by atoms with Gasteiger partial charge in [-0.3, -0.25) is 19.8 Å². The number of unbranched alkanes of at least 4 members (excludes halogenated alkanes) is 2. The average Bonchev–Trinajstić information content (AvgIpc) is 2.74. The van der Waals surface area contributed by atoms with Gasteiger partial charge in [0.2, 0.25) is 5.91 Å². The molecule has 0 aliphatic rings. The van der Waals surface area contributed by atoms with E-state index in [4.69, 9.17) is 0 Å². The van der Waals surface area contributed by atoms with Gasteiger partial charge in [0.05, 0.1) is 4.92 Å². The van der Waals surface area contributed by atoms with E-state index in [1.165, 1.54) is 23.8 Å². The Hall–Kier alpha value is -2.99. The van der Waals surface area contributed by atoms with Crippen LogP contribution in [-0.2, 0) is 11.3 Å². The van der Waals surface area contributed by atoms with Crippen LogP contribution in [0, 0.1) is 10.1 Å². The summed E-state index contributed by atoms with van der Waals surface area (Å²) in [5.74, 6) is -0.152. The summed E-state index contributed by atoms with van der Waals surface area (Å²) in [4.78, 5) is 24.6. The van der Waals surface area contributed by atoms with E-state index in [0.29, 0.717) is 12.6 Å². The van der Waals surface area contributed by atoms with Crippen LogP contribution >= 0.6 is 0 Å². The average molecular weight is 410 g/mol. The quantitative estimate of drug-likeness (QED) is 0.236. The van der Waals surface area contributed by atoms with Crippen molar-refractivity contribution >= 4 is 17.7 Å². The molecule has 0 bridgehead atoms. The molecule has 0 saturated heterocycles. The molecule has 0 atom stereocenters. The highest BCUT2D eigenvalue weighted by atomic mass is 16.6. The number of carbonyl (C=O) groups is 1. The molecule has 0 heterocycles. The van der Waals surface area contributed by atoms with Gasteiger partial charge in [-0.2, -0.15) is 0 Å². The molecule has 0 aromatic heterocycles. The SMILES string of the molecule is CC(C)N(CCCCCNC(=O)/C=C/c1ccc([N+](=O)[O-])cc1)Cc1ccccc1. The smallest absolute Gasteiger partial charge is 0.269 e. The number of hydrogen-bond donors (Lipinski definition) is 1. The fourth-order valence-corrected chi connectivity index (χ4v) is 3.10. The topological polar surface area (TPSA) is 75.5 Å². The molecule has 6 nitrogen and oxygen atoms in total. The number of non-ortho nitro benzene ring substituents is 1. The summed E-state index contributed by atoms with van der Waals surface area (Å²) in [6.45, 7) is 7.09. The van der Waals surface area contributed by atoms with Gasteiger partial charge in [-0.25, -0.2) is 0 Å². The number of nitro groups is 1. The van der Waals surface area contributed by atoms with Crippen molar-refractivity contribution in [3.05, 3.63) is 81.9 Å². The van der Waals surface area contributed by atoms with E-state index in [9.17, 15) is 14.9 Å². The minimum atomic E-state index is -0.442. The first-order valence-electron chi connectivity index (χ1n) is 10.4. The van der Waals surface area contributed by atoms with Crippen molar-refractivity contribution in [2.45, 2.75) is 45.7 Å². The first-order chi connectivity index (χ1) is 14.5. The van der Waals surface area contributed by atoms with Gasteiger partial charge in [0.1, 0.15) is 0 Å². The van der Waals surface area contributed by atoms with Crippen molar-refractivity contribution in [3.8, 4) is 0 Å². The number of benzene rings is 2. The molecule has 0 aliphatic carbocycles. The second-order valence-electron chi connectivity index (χ2n) is 7.58. The summed E-state index contributed by atoms with van der Waals surface area (Å²) in [5, 5.41) is 13.5. The summed E-state index contributed by atoms with van der Waals surface area (Å²) >= 11 is 0. The first kappa shape index (κ1) is 23.3. The zero-order valence-corrected chi connectivity index (χ0v) is 17.8. The molecule has 0 spiro atoms. The Labute approximate surface area is 178 Å². The summed E-state index contributed by atoms with van der Waals surface area (Å²) in [7, 11) is 0. The fourth-order valence-electron chi connectivity index (χ4n) is 3.10. The van der Waals surface area contributed by atoms with E-state index < -0.39 is 4.92 Å². The summed E-state index contributed by atoms with van der Waals surface area (Å²) < 4.78 is 0. The largest absolute Gasteiger partial charge is 0.353 e. The van der Waals surface area contributed by atoms with Gasteiger partial charge in [0, 0.05) is 37.3 Å². The van der Waals surface area contributed by atoms with Crippen molar-refractivity contribution in [1.29, 1.82) is 0 Å². The van der Waals surface area contributed by atoms with E-state index in [1.54, 1.807) is 18.2 Å². The molecule has 160 valence electrons. The predicted octanol–water partition coefficient (Wildman–Crippen LogP) is 4.81. The summed E-state index contributed by atoms with van der Waals surface area (Å²) in [5.41, 5.74) is 2.12. The molecule has 2 rings (SSSR count). The van der Waals surface area contributed by atoms with Crippen LogP contribution in [0.4, 0.5) is 5.69 Å². The molecule has 0 radical (unpaired) electrons. The Bertz CT molecular complexity index is 817. The fraction of sp³-hybridized carbons (Fsp3) is 0.375. The Morgan fingerprint density at radius 3 is 2.40 bits per heavy atom. The highest BCUT2D eigenvalue weighted by molar-refractivity contribution is 5.91. The molecular weight excluding hydrogens is 378 g/mol. The third kappa shape index (κ3) is 8.57. The molecule has 0 unspecified atom stereocenters. The Morgan fingerprint density at radius 1 is 1.07 bits per heavy atom. The molecule has 1 amide bonds. The van der Waals surface area contributed by atoms with Gasteiger partial charge < -0.3 is 5.32 Å². The van der Waals surface area contributed by atoms with Crippen LogP contribution in [0.3, 0.4) is 0 Å². The molecule has 0 saturated carbocycles. The maximum Gasteiger partial charge on any atom is 0.269 e. The lowest BCUT2D eigenvalue weighted by molar-refractivity contribution is -0.384. The minimum Gasteiger partial charge on any atom is -0.353 e. The molecule has 2 aromatic rings. The molecular formula is C24H31N3O3. The van der Waals surface area contributed by atoms with Gasteiger partial charge in [-0.1, -0.05) is 36.8 Å². The van der Waals surface area contributed by atoms with Crippen LogP contribution in [0.25, 0.3) is 6.08 Å². The van der Waals surface area contributed by atoms with Crippen LogP contribution in [0.2, 0.25) is 0 Å². The maximum atomic E-state index is 11.9. The third-order valence-electron chi connectivity index (χ3n) is 4.91. The molecule has 0 fully saturated rings. The van der Waals surface area contributed by atoms with Crippen molar-refractivity contribution in [2.24, 2.45) is 0 Å². The third-order valence-corrected chi connectivity index (χ3v) is 4.91. The number of hydrogen-bond acceptors (Lipinski definition) is 4. The van der Waals surface area contributed by atoms with Crippen molar-refractivity contribution < 1.29 is 9.72 Å². The number of nitro benzene ring substituents is 1. The van der Waals surface area contributed by atoms with E-state index in [-0.39, 0.29) is 11.6 Å². The Balaban J connectivity index is 1.63. The highest BCUT2D eigenvalue weighted by Gasteiger charge is 2.09. The maximum absolute atomic E-state index is 11.9. The Kier molecular flexibility index (Phi) is 9.74. The van der Waals surface area contributed by atoms with E-state index in [0.717, 1.165) is 37.9 Å². The van der Waals surface area contributed by atoms with E-state index in [2.05, 4.69) is 48.3 Å². The predicted molar refractivity (Wildman–Crippen MR) is 121 cm³/mol. The summed E-state index contributed by atoms with van der Waals surface area (Å²) in [6, 6.07) is 17.1. The molecule has 30 heavy (non-hydrogen) atoms. The zero-order chi connectivity index (χ0) is 21.8. The minimum absolute atomic E-state index is 0.0383. The highest BCUT2D eigenvalue weighted by Crippen LogP contribution is 2.13. The van der Waals surface area contributed by atoms with Crippen LogP contribution in [0.1, 0.15) is 44.2 Å². The van der Waals surface area contributed by atoms with Gasteiger partial charge in [-0.05, 0) is 62.6 Å². The Morgan fingerprint density at radius 2 is 1.77 bits per heavy atom. The lowest BCUT2D eigenvalue weighted by Gasteiger charge is -2.26. The standard InChI is InChI=1S/C24H31N3O3/c1-20(2)26(19-22-9-5-3-6-10-22)18-8-4-7-17-25-24(28)16-13-21-11-14-23(15-12-21)27(29)30/h3,5-6,9-16,20H,4,7-8,17-19H2,1-2H3,(H,25,28)/b16-13+. The molecule has 6 heteroatoms. The number of nitrogens with one attached hydrogen (secondary N) is 1. The van der Waals surface area contributed by atoms with Crippen molar-refractivity contribution in [2.75, 3.05) is 13.1 Å². The number of nitrogens with zero attached hydrogens (tertiary/aromatic N) is 2. The lowest BCUT2D eigenvalue weighted by atomic mass is 10.1. The second kappa shape index (κ2) is 12.5. The second-order valence-corrected chi connectivity index (χ2v) is 7.58. The first-order valence-corrected chi connectivity index (χ1v) is 10.4. The number of carbonyl (C=O) groups excluding carboxylic acids is 1. The van der Waals surface area contributed by atoms with Crippen LogP contribution in [0.5, 0.6) is 0 Å². The van der Waals surface area contributed by atoms with Gasteiger partial charge in [-0.15, -0.1) is 0 Å². The molecule has 1 N–H and O–H groups in total. The van der Waals surface area contributed by atoms with Gasteiger partial charge >= 0.3 is 0 Å². The van der Waals surface area contributed by atoms with Crippen LogP contribution in [-0.4, -0.2) is 34.9 Å². The molecule has 2 aromatic carbocycles.